The number of nitrogens with zero attached hydrogens (tertiary/aromatic N) is 3. The topological polar surface area (TPSA) is 111 Å². The Morgan fingerprint density at radius 1 is 1.35 bits per heavy atom. The van der Waals surface area contributed by atoms with E-state index in [1.165, 1.54) is 12.4 Å². The summed E-state index contributed by atoms with van der Waals surface area (Å²) in [7, 11) is 0. The Kier molecular flexibility index (Phi) is 3.07. The molecule has 20 heavy (non-hydrogen) atoms. The number of aromatic nitrogens is 3. The molecule has 0 bridgehead atoms. The third-order valence-electron chi connectivity index (χ3n) is 3.25. The van der Waals surface area contributed by atoms with Crippen molar-refractivity contribution in [1.82, 2.24) is 20.3 Å². The van der Waals surface area contributed by atoms with Gasteiger partial charge in [-0.25, -0.2) is 9.78 Å². The third kappa shape index (κ3) is 2.10. The van der Waals surface area contributed by atoms with E-state index < -0.39 is 11.4 Å². The quantitative estimate of drug-likeness (QED) is 0.672. The normalized spacial score (nSPS) is 15.5. The number of hydrogen-bond acceptors (Lipinski definition) is 6. The van der Waals surface area contributed by atoms with Crippen molar-refractivity contribution in [2.45, 2.75) is 0 Å². The van der Waals surface area contributed by atoms with E-state index >= 15 is 0 Å². The lowest BCUT2D eigenvalue weighted by molar-refractivity contribution is 0.0695. The van der Waals surface area contributed by atoms with Gasteiger partial charge in [-0.1, -0.05) is 0 Å². The average molecular weight is 275 g/mol. The SMILES string of the molecule is O=C(O)c1c[nH]c2nc(N3CCNCC3)ncc2c1=O. The molecule has 104 valence electrons. The molecule has 1 fully saturated rings. The number of nitrogens with one attached hydrogen (secondary N) is 2. The first-order valence-electron chi connectivity index (χ1n) is 6.24. The number of aromatic carboxylic acids is 1. The summed E-state index contributed by atoms with van der Waals surface area (Å²) in [5.41, 5.74) is -0.530. The van der Waals surface area contributed by atoms with Crippen molar-refractivity contribution in [1.29, 1.82) is 0 Å². The molecule has 0 radical (unpaired) electrons. The lowest BCUT2D eigenvalue weighted by atomic mass is 10.2. The predicted molar refractivity (Wildman–Crippen MR) is 72.2 cm³/mol. The van der Waals surface area contributed by atoms with Gasteiger partial charge in [-0.2, -0.15) is 4.98 Å². The molecule has 0 aromatic carbocycles. The number of carboxylic acid groups (broad SMARTS) is 1. The highest BCUT2D eigenvalue weighted by molar-refractivity contribution is 5.91. The first-order chi connectivity index (χ1) is 9.66. The van der Waals surface area contributed by atoms with Crippen LogP contribution in [0.1, 0.15) is 10.4 Å². The van der Waals surface area contributed by atoms with Crippen LogP contribution in [0.5, 0.6) is 0 Å². The van der Waals surface area contributed by atoms with E-state index in [1.807, 2.05) is 4.90 Å². The first-order valence-corrected chi connectivity index (χ1v) is 6.24. The Hall–Kier alpha value is -2.48. The van der Waals surface area contributed by atoms with Gasteiger partial charge in [0.1, 0.15) is 11.2 Å². The lowest BCUT2D eigenvalue weighted by Gasteiger charge is -2.27. The van der Waals surface area contributed by atoms with Crippen LogP contribution in [0.15, 0.2) is 17.2 Å². The first kappa shape index (κ1) is 12.5. The molecule has 1 saturated heterocycles. The van der Waals surface area contributed by atoms with Crippen LogP contribution in [-0.4, -0.2) is 52.2 Å². The molecule has 3 N–H and O–H groups in total. The predicted octanol–water partition coefficient (Wildman–Crippen LogP) is -0.574. The second kappa shape index (κ2) is 4.89. The van der Waals surface area contributed by atoms with Gasteiger partial charge in [-0.15, -0.1) is 0 Å². The Bertz CT molecular complexity index is 721. The summed E-state index contributed by atoms with van der Waals surface area (Å²) in [6, 6.07) is 0. The van der Waals surface area contributed by atoms with Crippen molar-refractivity contribution in [3.63, 3.8) is 0 Å². The summed E-state index contributed by atoms with van der Waals surface area (Å²) in [5, 5.41) is 12.3. The van der Waals surface area contributed by atoms with Gasteiger partial charge in [0, 0.05) is 38.6 Å². The third-order valence-corrected chi connectivity index (χ3v) is 3.25. The molecule has 0 atom stereocenters. The van der Waals surface area contributed by atoms with Gasteiger partial charge in [-0.3, -0.25) is 4.79 Å². The molecule has 3 heterocycles. The Morgan fingerprint density at radius 3 is 2.80 bits per heavy atom. The summed E-state index contributed by atoms with van der Waals surface area (Å²) < 4.78 is 0. The van der Waals surface area contributed by atoms with Gasteiger partial charge in [0.15, 0.2) is 0 Å². The fraction of sp³-hybridized carbons (Fsp3) is 0.333. The number of rotatable bonds is 2. The molecule has 1 aliphatic heterocycles. The van der Waals surface area contributed by atoms with Crippen molar-refractivity contribution in [3.05, 3.63) is 28.2 Å². The number of H-pyrrole nitrogens is 1. The maximum absolute atomic E-state index is 12.0. The summed E-state index contributed by atoms with van der Waals surface area (Å²) in [6.45, 7) is 3.30. The smallest absolute Gasteiger partial charge is 0.341 e. The van der Waals surface area contributed by atoms with Crippen molar-refractivity contribution >= 4 is 23.0 Å². The minimum Gasteiger partial charge on any atom is -0.477 e. The maximum Gasteiger partial charge on any atom is 0.341 e. The highest BCUT2D eigenvalue weighted by atomic mass is 16.4. The number of anilines is 1. The Balaban J connectivity index is 2.06. The summed E-state index contributed by atoms with van der Waals surface area (Å²) in [6.07, 6.45) is 2.55. The van der Waals surface area contributed by atoms with Crippen LogP contribution in [0.2, 0.25) is 0 Å². The molecular formula is C12H13N5O3. The molecule has 8 heteroatoms. The molecule has 0 amide bonds. The standard InChI is InChI=1S/C12H13N5O3/c18-9-7-5-15-12(17-3-1-13-2-4-17)16-10(7)14-6-8(9)11(19)20/h5-6,13H,1-4H2,(H,19,20)(H,14,15,16,18). The maximum atomic E-state index is 12.0. The Labute approximate surface area is 113 Å². The molecule has 2 aromatic heterocycles. The highest BCUT2D eigenvalue weighted by Gasteiger charge is 2.16. The van der Waals surface area contributed by atoms with Crippen LogP contribution in [0, 0.1) is 0 Å². The zero-order valence-corrected chi connectivity index (χ0v) is 10.6. The second-order valence-corrected chi connectivity index (χ2v) is 4.51. The Morgan fingerprint density at radius 2 is 2.10 bits per heavy atom. The van der Waals surface area contributed by atoms with E-state index in [0.717, 1.165) is 26.2 Å². The monoisotopic (exact) mass is 275 g/mol. The zero-order chi connectivity index (χ0) is 14.1. The molecule has 0 unspecified atom stereocenters. The molecule has 1 aliphatic rings. The summed E-state index contributed by atoms with van der Waals surface area (Å²) in [5.74, 6) is -0.725. The van der Waals surface area contributed by atoms with Crippen LogP contribution in [0.25, 0.3) is 11.0 Å². The second-order valence-electron chi connectivity index (χ2n) is 4.51. The number of carbonyl (C=O) groups is 1. The largest absolute Gasteiger partial charge is 0.477 e. The van der Waals surface area contributed by atoms with Crippen molar-refractivity contribution in [2.75, 3.05) is 31.1 Å². The van der Waals surface area contributed by atoms with E-state index in [1.54, 1.807) is 0 Å². The molecular weight excluding hydrogens is 262 g/mol. The van der Waals surface area contributed by atoms with Gasteiger partial charge in [-0.05, 0) is 0 Å². The summed E-state index contributed by atoms with van der Waals surface area (Å²) in [4.78, 5) is 36.1. The summed E-state index contributed by atoms with van der Waals surface area (Å²) >= 11 is 0. The van der Waals surface area contributed by atoms with Gasteiger partial charge in [0.05, 0.1) is 5.39 Å². The van der Waals surface area contributed by atoms with Gasteiger partial charge in [0.2, 0.25) is 11.4 Å². The van der Waals surface area contributed by atoms with E-state index in [-0.39, 0.29) is 10.9 Å². The van der Waals surface area contributed by atoms with Gasteiger partial charge in [0.25, 0.3) is 0 Å². The molecule has 3 rings (SSSR count). The van der Waals surface area contributed by atoms with Crippen LogP contribution in [0.3, 0.4) is 0 Å². The number of pyridine rings is 1. The van der Waals surface area contributed by atoms with Crippen molar-refractivity contribution < 1.29 is 9.90 Å². The zero-order valence-electron chi connectivity index (χ0n) is 10.6. The fourth-order valence-corrected chi connectivity index (χ4v) is 2.18. The van der Waals surface area contributed by atoms with E-state index in [2.05, 4.69) is 20.3 Å². The minimum atomic E-state index is -1.26. The molecule has 0 spiro atoms. The van der Waals surface area contributed by atoms with E-state index in [9.17, 15) is 9.59 Å². The average Bonchev–Trinajstić information content (AvgIpc) is 2.48. The van der Waals surface area contributed by atoms with E-state index in [4.69, 9.17) is 5.11 Å². The number of carboxylic acids is 1. The lowest BCUT2D eigenvalue weighted by Crippen LogP contribution is -2.44. The molecule has 8 nitrogen and oxygen atoms in total. The molecule has 2 aromatic rings. The fourth-order valence-electron chi connectivity index (χ4n) is 2.18. The number of hydrogen-bond donors (Lipinski definition) is 3. The van der Waals surface area contributed by atoms with Crippen LogP contribution in [-0.2, 0) is 0 Å². The van der Waals surface area contributed by atoms with Crippen LogP contribution in [0.4, 0.5) is 5.95 Å². The molecule has 0 saturated carbocycles. The van der Waals surface area contributed by atoms with Crippen molar-refractivity contribution in [3.8, 4) is 0 Å². The number of fused-ring (bicyclic) bond motifs is 1. The van der Waals surface area contributed by atoms with Gasteiger partial charge >= 0.3 is 5.97 Å². The van der Waals surface area contributed by atoms with Crippen molar-refractivity contribution in [2.24, 2.45) is 0 Å². The number of aromatic amines is 1. The minimum absolute atomic E-state index is 0.184. The molecule has 0 aliphatic carbocycles. The van der Waals surface area contributed by atoms with E-state index in [0.29, 0.717) is 11.6 Å². The van der Waals surface area contributed by atoms with Crippen LogP contribution < -0.4 is 15.6 Å². The van der Waals surface area contributed by atoms with Gasteiger partial charge < -0.3 is 20.3 Å². The highest BCUT2D eigenvalue weighted by Crippen LogP contribution is 2.12. The number of piperazine rings is 1. The van der Waals surface area contributed by atoms with Crippen LogP contribution >= 0.6 is 0 Å².